The second-order valence-corrected chi connectivity index (χ2v) is 4.35. The molecular weight excluding hydrogens is 344 g/mol. The summed E-state index contributed by atoms with van der Waals surface area (Å²) in [6, 6.07) is 2.57. The lowest BCUT2D eigenvalue weighted by Crippen LogP contribution is -2.26. The second-order valence-electron chi connectivity index (χ2n) is 4.35. The molecule has 0 saturated heterocycles. The van der Waals surface area contributed by atoms with E-state index in [0.29, 0.717) is 23.0 Å². The van der Waals surface area contributed by atoms with E-state index in [-0.39, 0.29) is 41.4 Å². The molecule has 1 aromatic heterocycles. The van der Waals surface area contributed by atoms with Crippen molar-refractivity contribution in [3.63, 3.8) is 0 Å². The fourth-order valence-corrected chi connectivity index (χ4v) is 2.05. The standard InChI is InChI=1S/C13H14N2O5.BrH/c1-2-8-7-5-10(16)11(17)6-9(7)15(13(20)14-8)4-3-12(18)19;/h5-6,16-17H,2-4H2,1H3,(H,18,19);1H. The Morgan fingerprint density at radius 3 is 2.48 bits per heavy atom. The first-order valence-electron chi connectivity index (χ1n) is 6.11. The number of aryl methyl sites for hydroxylation is 2. The van der Waals surface area contributed by atoms with Crippen LogP contribution in [-0.4, -0.2) is 30.8 Å². The van der Waals surface area contributed by atoms with Crippen LogP contribution >= 0.6 is 17.0 Å². The van der Waals surface area contributed by atoms with Gasteiger partial charge in [-0.1, -0.05) is 6.92 Å². The molecule has 0 aliphatic heterocycles. The van der Waals surface area contributed by atoms with Crippen LogP contribution < -0.4 is 5.69 Å². The van der Waals surface area contributed by atoms with Crippen molar-refractivity contribution in [3.05, 3.63) is 28.3 Å². The highest BCUT2D eigenvalue weighted by Gasteiger charge is 2.13. The molecule has 0 amide bonds. The Balaban J connectivity index is 0.00000220. The number of nitrogens with zero attached hydrogens (tertiary/aromatic N) is 2. The first-order valence-corrected chi connectivity index (χ1v) is 6.11. The molecule has 8 heteroatoms. The number of phenolic OH excluding ortho intramolecular Hbond substituents is 2. The van der Waals surface area contributed by atoms with Crippen molar-refractivity contribution in [1.29, 1.82) is 0 Å². The maximum absolute atomic E-state index is 11.9. The van der Waals surface area contributed by atoms with Gasteiger partial charge in [-0.15, -0.1) is 17.0 Å². The van der Waals surface area contributed by atoms with E-state index in [0.717, 1.165) is 0 Å². The van der Waals surface area contributed by atoms with Gasteiger partial charge in [0.1, 0.15) is 0 Å². The highest BCUT2D eigenvalue weighted by Crippen LogP contribution is 2.30. The van der Waals surface area contributed by atoms with Crippen molar-refractivity contribution in [2.24, 2.45) is 0 Å². The van der Waals surface area contributed by atoms with E-state index in [9.17, 15) is 19.8 Å². The number of carboxylic acid groups (broad SMARTS) is 1. The Hall–Kier alpha value is -2.09. The van der Waals surface area contributed by atoms with Crippen molar-refractivity contribution in [2.75, 3.05) is 0 Å². The molecule has 0 bridgehead atoms. The molecule has 2 aromatic rings. The highest BCUT2D eigenvalue weighted by molar-refractivity contribution is 8.93. The number of hydrogen-bond acceptors (Lipinski definition) is 5. The minimum Gasteiger partial charge on any atom is -0.504 e. The number of halogens is 1. The first-order chi connectivity index (χ1) is 9.43. The van der Waals surface area contributed by atoms with E-state index in [1.54, 1.807) is 0 Å². The normalized spacial score (nSPS) is 10.3. The molecule has 0 spiro atoms. The van der Waals surface area contributed by atoms with Gasteiger partial charge in [0, 0.05) is 18.0 Å². The number of hydrogen-bond donors (Lipinski definition) is 3. The molecule has 0 atom stereocenters. The van der Waals surface area contributed by atoms with Gasteiger partial charge in [-0.25, -0.2) is 4.79 Å². The third kappa shape index (κ3) is 3.33. The van der Waals surface area contributed by atoms with Crippen molar-refractivity contribution >= 4 is 33.9 Å². The summed E-state index contributed by atoms with van der Waals surface area (Å²) in [5, 5.41) is 28.4. The van der Waals surface area contributed by atoms with Crippen LogP contribution in [0.3, 0.4) is 0 Å². The number of rotatable bonds is 4. The lowest BCUT2D eigenvalue weighted by atomic mass is 10.1. The molecule has 3 N–H and O–H groups in total. The zero-order valence-electron chi connectivity index (χ0n) is 11.2. The summed E-state index contributed by atoms with van der Waals surface area (Å²) in [5.41, 5.74) is 0.283. The van der Waals surface area contributed by atoms with Gasteiger partial charge in [0.05, 0.1) is 17.6 Å². The molecule has 0 unspecified atom stereocenters. The first kappa shape index (κ1) is 17.0. The maximum Gasteiger partial charge on any atom is 0.348 e. The number of aliphatic carboxylic acids is 1. The zero-order valence-corrected chi connectivity index (χ0v) is 12.9. The molecule has 114 valence electrons. The van der Waals surface area contributed by atoms with Crippen LogP contribution in [0.25, 0.3) is 10.9 Å². The monoisotopic (exact) mass is 358 g/mol. The number of phenols is 2. The Kier molecular flexibility index (Phi) is 5.31. The van der Waals surface area contributed by atoms with E-state index in [1.165, 1.54) is 16.7 Å². The molecule has 0 aliphatic carbocycles. The summed E-state index contributed by atoms with van der Waals surface area (Å²) >= 11 is 0. The predicted octanol–water partition coefficient (Wildman–Crippen LogP) is 1.42. The van der Waals surface area contributed by atoms with E-state index < -0.39 is 11.7 Å². The molecule has 0 saturated carbocycles. The summed E-state index contributed by atoms with van der Waals surface area (Å²) in [6.45, 7) is 1.76. The molecular formula is C13H15BrN2O5. The number of aromatic hydroxyl groups is 2. The number of carboxylic acids is 1. The van der Waals surface area contributed by atoms with Crippen molar-refractivity contribution in [2.45, 2.75) is 26.3 Å². The van der Waals surface area contributed by atoms with Crippen LogP contribution in [0, 0.1) is 0 Å². The van der Waals surface area contributed by atoms with Crippen molar-refractivity contribution in [1.82, 2.24) is 9.55 Å². The average Bonchev–Trinajstić information content (AvgIpc) is 2.39. The minimum atomic E-state index is -1.03. The maximum atomic E-state index is 11.9. The molecule has 0 fully saturated rings. The van der Waals surface area contributed by atoms with E-state index >= 15 is 0 Å². The third-order valence-corrected chi connectivity index (χ3v) is 3.04. The van der Waals surface area contributed by atoms with Gasteiger partial charge in [0.2, 0.25) is 0 Å². The SMILES string of the molecule is Br.CCc1nc(=O)n(CCC(=O)O)c2cc(O)c(O)cc12. The van der Waals surface area contributed by atoms with Crippen LogP contribution in [0.4, 0.5) is 0 Å². The summed E-state index contributed by atoms with van der Waals surface area (Å²) in [5.74, 6) is -1.71. The Labute approximate surface area is 130 Å². The van der Waals surface area contributed by atoms with Crippen LogP contribution in [0.5, 0.6) is 11.5 Å². The summed E-state index contributed by atoms with van der Waals surface area (Å²) in [4.78, 5) is 26.5. The zero-order chi connectivity index (χ0) is 14.9. The van der Waals surface area contributed by atoms with Crippen molar-refractivity contribution < 1.29 is 20.1 Å². The number of fused-ring (bicyclic) bond motifs is 1. The number of aromatic nitrogens is 2. The van der Waals surface area contributed by atoms with Gasteiger partial charge in [-0.3, -0.25) is 9.36 Å². The van der Waals surface area contributed by atoms with Gasteiger partial charge in [-0.05, 0) is 12.5 Å². The summed E-state index contributed by atoms with van der Waals surface area (Å²) < 4.78 is 1.18. The van der Waals surface area contributed by atoms with Crippen LogP contribution in [0.15, 0.2) is 16.9 Å². The lowest BCUT2D eigenvalue weighted by molar-refractivity contribution is -0.137. The lowest BCUT2D eigenvalue weighted by Gasteiger charge is -2.12. The molecule has 0 aliphatic rings. The fourth-order valence-electron chi connectivity index (χ4n) is 2.05. The quantitative estimate of drug-likeness (QED) is 0.712. The summed E-state index contributed by atoms with van der Waals surface area (Å²) in [7, 11) is 0. The van der Waals surface area contributed by atoms with E-state index in [4.69, 9.17) is 5.11 Å². The van der Waals surface area contributed by atoms with Crippen LogP contribution in [0.1, 0.15) is 19.0 Å². The average molecular weight is 359 g/mol. The third-order valence-electron chi connectivity index (χ3n) is 3.04. The number of carbonyl (C=O) groups is 1. The predicted molar refractivity (Wildman–Crippen MR) is 81.3 cm³/mol. The topological polar surface area (TPSA) is 113 Å². The second kappa shape index (κ2) is 6.57. The van der Waals surface area contributed by atoms with E-state index in [1.807, 2.05) is 6.92 Å². The summed E-state index contributed by atoms with van der Waals surface area (Å²) in [6.07, 6.45) is 0.250. The molecule has 0 radical (unpaired) electrons. The molecule has 1 heterocycles. The Morgan fingerprint density at radius 1 is 1.29 bits per heavy atom. The Morgan fingerprint density at radius 2 is 1.90 bits per heavy atom. The van der Waals surface area contributed by atoms with Gasteiger partial charge in [0.25, 0.3) is 0 Å². The van der Waals surface area contributed by atoms with Gasteiger partial charge in [-0.2, -0.15) is 4.98 Å². The van der Waals surface area contributed by atoms with Crippen LogP contribution in [-0.2, 0) is 17.8 Å². The van der Waals surface area contributed by atoms with Crippen molar-refractivity contribution in [3.8, 4) is 11.5 Å². The molecule has 1 aromatic carbocycles. The molecule has 7 nitrogen and oxygen atoms in total. The van der Waals surface area contributed by atoms with Gasteiger partial charge in [0.15, 0.2) is 11.5 Å². The molecule has 21 heavy (non-hydrogen) atoms. The molecule has 2 rings (SSSR count). The largest absolute Gasteiger partial charge is 0.504 e. The Bertz CT molecular complexity index is 741. The van der Waals surface area contributed by atoms with Crippen LogP contribution in [0.2, 0.25) is 0 Å². The van der Waals surface area contributed by atoms with Gasteiger partial charge >= 0.3 is 11.7 Å². The highest BCUT2D eigenvalue weighted by atomic mass is 79.9. The fraction of sp³-hybridized carbons (Fsp3) is 0.308. The number of benzene rings is 1. The smallest absolute Gasteiger partial charge is 0.348 e. The van der Waals surface area contributed by atoms with E-state index in [2.05, 4.69) is 4.98 Å². The van der Waals surface area contributed by atoms with Gasteiger partial charge < -0.3 is 15.3 Å². The minimum absolute atomic E-state index is 0.